The molecule has 0 aliphatic carbocycles. The van der Waals surface area contributed by atoms with Crippen molar-refractivity contribution in [3.8, 4) is 11.5 Å². The van der Waals surface area contributed by atoms with Gasteiger partial charge in [-0.2, -0.15) is 11.3 Å². The fourth-order valence-corrected chi connectivity index (χ4v) is 2.71. The molecule has 0 saturated heterocycles. The summed E-state index contributed by atoms with van der Waals surface area (Å²) in [5.74, 6) is 0.472. The largest absolute Gasteiger partial charge is 0.488 e. The van der Waals surface area contributed by atoms with Crippen LogP contribution in [0, 0.1) is 0 Å². The van der Waals surface area contributed by atoms with Gasteiger partial charge in [0, 0.05) is 23.7 Å². The number of hydrogen-bond donors (Lipinski definition) is 1. The van der Waals surface area contributed by atoms with Gasteiger partial charge in [0.2, 0.25) is 0 Å². The Hall–Kier alpha value is -2.05. The van der Waals surface area contributed by atoms with E-state index in [9.17, 15) is 4.79 Å². The number of likely N-dealkylation sites (N-methyl/N-ethyl adjacent to an activating group) is 1. The zero-order valence-electron chi connectivity index (χ0n) is 13.5. The number of nitrogen functional groups attached to an aromatic ring is 1. The molecule has 0 aliphatic heterocycles. The molecule has 1 aromatic carbocycles. The third-order valence-electron chi connectivity index (χ3n) is 3.49. The van der Waals surface area contributed by atoms with Crippen molar-refractivity contribution in [2.45, 2.75) is 13.8 Å². The van der Waals surface area contributed by atoms with Crippen LogP contribution in [0.3, 0.4) is 0 Å². The van der Waals surface area contributed by atoms with Crippen molar-refractivity contribution in [1.82, 2.24) is 4.90 Å². The van der Waals surface area contributed by atoms with Crippen LogP contribution in [0.5, 0.6) is 11.5 Å². The molecular weight excluding hydrogens is 312 g/mol. The van der Waals surface area contributed by atoms with E-state index in [-0.39, 0.29) is 0 Å². The van der Waals surface area contributed by atoms with Gasteiger partial charge in [0.15, 0.2) is 11.5 Å². The molecule has 6 heteroatoms. The smallest absolute Gasteiger partial charge is 0.344 e. The number of hydrogen-bond acceptors (Lipinski definition) is 6. The fourth-order valence-electron chi connectivity index (χ4n) is 2.09. The van der Waals surface area contributed by atoms with Gasteiger partial charge in [0.1, 0.15) is 6.61 Å². The van der Waals surface area contributed by atoms with Gasteiger partial charge < -0.3 is 20.1 Å². The number of anilines is 1. The Morgan fingerprint density at radius 1 is 1.22 bits per heavy atom. The second-order valence-electron chi connectivity index (χ2n) is 4.98. The highest BCUT2D eigenvalue weighted by Crippen LogP contribution is 2.30. The second-order valence-corrected chi connectivity index (χ2v) is 5.76. The van der Waals surface area contributed by atoms with E-state index in [0.717, 1.165) is 19.6 Å². The Morgan fingerprint density at radius 2 is 2.00 bits per heavy atom. The van der Waals surface area contributed by atoms with Crippen molar-refractivity contribution in [3.63, 3.8) is 0 Å². The number of rotatable bonds is 8. The average molecular weight is 334 g/mol. The molecule has 0 spiro atoms. The maximum absolute atomic E-state index is 12.1. The van der Waals surface area contributed by atoms with Gasteiger partial charge in [-0.3, -0.25) is 0 Å². The van der Waals surface area contributed by atoms with Gasteiger partial charge in [-0.15, -0.1) is 0 Å². The summed E-state index contributed by atoms with van der Waals surface area (Å²) >= 11 is 1.45. The number of benzene rings is 1. The van der Waals surface area contributed by atoms with Crippen LogP contribution in [0.15, 0.2) is 35.0 Å². The lowest BCUT2D eigenvalue weighted by Gasteiger charge is -2.19. The molecule has 2 aromatic rings. The van der Waals surface area contributed by atoms with E-state index in [2.05, 4.69) is 18.7 Å². The van der Waals surface area contributed by atoms with Crippen LogP contribution < -0.4 is 15.2 Å². The van der Waals surface area contributed by atoms with Crippen LogP contribution in [-0.4, -0.2) is 37.1 Å². The molecule has 0 fully saturated rings. The molecule has 0 unspecified atom stereocenters. The monoisotopic (exact) mass is 334 g/mol. The van der Waals surface area contributed by atoms with E-state index >= 15 is 0 Å². The lowest BCUT2D eigenvalue weighted by molar-refractivity contribution is 0.0728. The zero-order valence-corrected chi connectivity index (χ0v) is 14.3. The molecule has 1 aromatic heterocycles. The van der Waals surface area contributed by atoms with Gasteiger partial charge in [-0.05, 0) is 36.7 Å². The molecule has 0 bridgehead atoms. The third kappa shape index (κ3) is 4.97. The summed E-state index contributed by atoms with van der Waals surface area (Å²) in [4.78, 5) is 14.3. The number of carbonyl (C=O) groups is 1. The Kier molecular flexibility index (Phi) is 6.43. The van der Waals surface area contributed by atoms with Gasteiger partial charge in [-0.25, -0.2) is 4.79 Å². The van der Waals surface area contributed by atoms with Crippen molar-refractivity contribution in [1.29, 1.82) is 0 Å². The number of nitrogens with two attached hydrogens (primary N) is 1. The van der Waals surface area contributed by atoms with Crippen molar-refractivity contribution in [3.05, 3.63) is 40.6 Å². The summed E-state index contributed by atoms with van der Waals surface area (Å²) < 4.78 is 11.2. The molecule has 2 N–H and O–H groups in total. The standard InChI is InChI=1S/C17H22N2O3S/c1-3-19(4-2)8-9-21-16-11-14(18)5-6-15(16)22-17(20)13-7-10-23-12-13/h5-7,10-12H,3-4,8-9,18H2,1-2H3. The van der Waals surface area contributed by atoms with Crippen LogP contribution >= 0.6 is 11.3 Å². The minimum atomic E-state index is -0.399. The van der Waals surface area contributed by atoms with Crippen LogP contribution in [-0.2, 0) is 0 Å². The summed E-state index contributed by atoms with van der Waals surface area (Å²) in [5, 5.41) is 3.58. The van der Waals surface area contributed by atoms with Crippen LogP contribution in [0.2, 0.25) is 0 Å². The normalized spacial score (nSPS) is 10.7. The van der Waals surface area contributed by atoms with E-state index in [4.69, 9.17) is 15.2 Å². The first-order valence-corrected chi connectivity index (χ1v) is 8.57. The van der Waals surface area contributed by atoms with Crippen molar-refractivity contribution in [2.24, 2.45) is 0 Å². The number of ether oxygens (including phenoxy) is 2. The van der Waals surface area contributed by atoms with Gasteiger partial charge >= 0.3 is 5.97 Å². The van der Waals surface area contributed by atoms with Crippen LogP contribution in [0.1, 0.15) is 24.2 Å². The third-order valence-corrected chi connectivity index (χ3v) is 4.17. The van der Waals surface area contributed by atoms with E-state index < -0.39 is 5.97 Å². The molecule has 5 nitrogen and oxygen atoms in total. The predicted octanol–water partition coefficient (Wildman–Crippen LogP) is 3.27. The van der Waals surface area contributed by atoms with Gasteiger partial charge in [0.25, 0.3) is 0 Å². The molecule has 1 heterocycles. The highest BCUT2D eigenvalue weighted by molar-refractivity contribution is 7.08. The molecule has 124 valence electrons. The summed E-state index contributed by atoms with van der Waals surface area (Å²) in [5.41, 5.74) is 6.90. The van der Waals surface area contributed by atoms with Crippen molar-refractivity contribution in [2.75, 3.05) is 32.0 Å². The molecule has 0 amide bonds. The molecule has 0 radical (unpaired) electrons. The van der Waals surface area contributed by atoms with Crippen molar-refractivity contribution >= 4 is 23.0 Å². The first-order chi connectivity index (χ1) is 11.1. The number of carbonyl (C=O) groups excluding carboxylic acids is 1. The van der Waals surface area contributed by atoms with Crippen LogP contribution in [0.4, 0.5) is 5.69 Å². The molecule has 0 aliphatic rings. The lowest BCUT2D eigenvalue weighted by atomic mass is 10.3. The quantitative estimate of drug-likeness (QED) is 0.456. The van der Waals surface area contributed by atoms with E-state index in [1.54, 1.807) is 29.6 Å². The average Bonchev–Trinajstić information content (AvgIpc) is 3.08. The first kappa shape index (κ1) is 17.3. The molecule has 2 rings (SSSR count). The van der Waals surface area contributed by atoms with Crippen molar-refractivity contribution < 1.29 is 14.3 Å². The van der Waals surface area contributed by atoms with E-state index in [1.807, 2.05) is 5.38 Å². The summed E-state index contributed by atoms with van der Waals surface area (Å²) in [6.07, 6.45) is 0. The summed E-state index contributed by atoms with van der Waals surface area (Å²) in [6, 6.07) is 6.75. The fraction of sp³-hybridized carbons (Fsp3) is 0.353. The van der Waals surface area contributed by atoms with E-state index in [1.165, 1.54) is 11.3 Å². The SMILES string of the molecule is CCN(CC)CCOc1cc(N)ccc1OC(=O)c1ccsc1. The minimum absolute atomic E-state index is 0.384. The Labute approximate surface area is 140 Å². The van der Waals surface area contributed by atoms with Crippen LogP contribution in [0.25, 0.3) is 0 Å². The molecular formula is C17H22N2O3S. The molecule has 0 saturated carbocycles. The highest BCUT2D eigenvalue weighted by atomic mass is 32.1. The molecule has 0 atom stereocenters. The van der Waals surface area contributed by atoms with E-state index in [0.29, 0.717) is 29.4 Å². The lowest BCUT2D eigenvalue weighted by Crippen LogP contribution is -2.28. The number of esters is 1. The maximum Gasteiger partial charge on any atom is 0.344 e. The second kappa shape index (κ2) is 8.55. The number of nitrogens with zero attached hydrogens (tertiary/aromatic N) is 1. The predicted molar refractivity (Wildman–Crippen MR) is 93.4 cm³/mol. The maximum atomic E-state index is 12.1. The summed E-state index contributed by atoms with van der Waals surface area (Å²) in [6.45, 7) is 7.47. The Balaban J connectivity index is 2.03. The van der Waals surface area contributed by atoms with Gasteiger partial charge in [-0.1, -0.05) is 13.8 Å². The first-order valence-electron chi connectivity index (χ1n) is 7.63. The van der Waals surface area contributed by atoms with Gasteiger partial charge in [0.05, 0.1) is 5.56 Å². The molecule has 23 heavy (non-hydrogen) atoms. The zero-order chi connectivity index (χ0) is 16.7. The minimum Gasteiger partial charge on any atom is -0.488 e. The Morgan fingerprint density at radius 3 is 2.65 bits per heavy atom. The Bertz CT molecular complexity index is 625. The summed E-state index contributed by atoms with van der Waals surface area (Å²) in [7, 11) is 0. The number of thiophene rings is 1. The highest BCUT2D eigenvalue weighted by Gasteiger charge is 2.13. The topological polar surface area (TPSA) is 64.8 Å².